The number of aliphatic hydroxyl groups is 9. The van der Waals surface area contributed by atoms with Crippen LogP contribution in [0, 0.1) is 23.7 Å². The van der Waals surface area contributed by atoms with Crippen molar-refractivity contribution in [2.45, 2.75) is 224 Å². The third kappa shape index (κ3) is 33.9. The lowest BCUT2D eigenvalue weighted by Crippen LogP contribution is -2.55. The van der Waals surface area contributed by atoms with Gasteiger partial charge in [-0.05, 0) is 57.3 Å². The molecule has 3 aliphatic rings. The SMILES string of the molecule is C=C(CCO[C@@H]1OC(CO)[C@H](O)[C@H](O)C1C)NCCCNC(=O)CCC(CCC(=O)NCCCNC(=O)CCO[C@@H]1OC(CO)[C@H](O)[C@H](O)C1C)(CCC(=O)NCCCNC(=O)CCO[C@@H]1OC(CO)[C@H](O)[C@H](O)C1C)NC(=O)CCCC(=O)NCCCOC.CC(C)C. The molecular weight excluding hydrogens is 1240 g/mol. The van der Waals surface area contributed by atoms with Crippen LogP contribution in [0.25, 0.3) is 0 Å². The van der Waals surface area contributed by atoms with Crippen LogP contribution in [0.3, 0.4) is 0 Å². The van der Waals surface area contributed by atoms with Crippen molar-refractivity contribution in [1.82, 2.24) is 42.5 Å². The van der Waals surface area contributed by atoms with Gasteiger partial charge in [-0.15, -0.1) is 0 Å². The van der Waals surface area contributed by atoms with Gasteiger partial charge >= 0.3 is 0 Å². The Morgan fingerprint density at radius 1 is 0.404 bits per heavy atom. The highest BCUT2D eigenvalue weighted by atomic mass is 16.7. The van der Waals surface area contributed by atoms with Crippen molar-refractivity contribution in [2.75, 3.05) is 99.2 Å². The van der Waals surface area contributed by atoms with E-state index in [0.717, 1.165) is 5.92 Å². The molecule has 0 saturated carbocycles. The second-order valence-corrected chi connectivity index (χ2v) is 25.0. The Bertz CT molecular complexity index is 1990. The summed E-state index contributed by atoms with van der Waals surface area (Å²) < 4.78 is 38.7. The van der Waals surface area contributed by atoms with Crippen LogP contribution in [0.4, 0.5) is 0 Å². The summed E-state index contributed by atoms with van der Waals surface area (Å²) in [5.74, 6) is -3.60. The summed E-state index contributed by atoms with van der Waals surface area (Å²) in [7, 11) is 1.55. The minimum Gasteiger partial charge on any atom is -0.394 e. The maximum Gasteiger partial charge on any atom is 0.222 e. The third-order valence-electron chi connectivity index (χ3n) is 16.1. The second-order valence-electron chi connectivity index (χ2n) is 25.0. The summed E-state index contributed by atoms with van der Waals surface area (Å²) in [5.41, 5.74) is -0.657. The van der Waals surface area contributed by atoms with Gasteiger partial charge in [-0.2, -0.15) is 0 Å². The minimum absolute atomic E-state index is 0.00161. The van der Waals surface area contributed by atoms with E-state index in [1.807, 2.05) is 0 Å². The molecule has 3 fully saturated rings. The summed E-state index contributed by atoms with van der Waals surface area (Å²) >= 11 is 0. The topological polar surface area (TPSA) is 462 Å². The predicted molar refractivity (Wildman–Crippen MR) is 341 cm³/mol. The first-order valence-electron chi connectivity index (χ1n) is 33.3. The highest BCUT2D eigenvalue weighted by Gasteiger charge is 2.45. The first-order valence-corrected chi connectivity index (χ1v) is 33.3. The van der Waals surface area contributed by atoms with E-state index in [1.165, 1.54) is 0 Å². The lowest BCUT2D eigenvalue weighted by Gasteiger charge is -2.40. The Kier molecular flexibility index (Phi) is 43.5. The molecule has 17 N–H and O–H groups in total. The normalized spacial score (nSPS) is 26.5. The van der Waals surface area contributed by atoms with Crippen LogP contribution in [0.1, 0.15) is 144 Å². The smallest absolute Gasteiger partial charge is 0.222 e. The zero-order valence-corrected chi connectivity index (χ0v) is 56.4. The predicted octanol–water partition coefficient (Wildman–Crippen LogP) is -2.53. The number of ether oxygens (including phenoxy) is 7. The van der Waals surface area contributed by atoms with Gasteiger partial charge in [0.15, 0.2) is 18.9 Å². The molecule has 3 heterocycles. The minimum atomic E-state index is -1.29. The van der Waals surface area contributed by atoms with Crippen LogP contribution in [0.5, 0.6) is 0 Å². The lowest BCUT2D eigenvalue weighted by molar-refractivity contribution is -0.282. The van der Waals surface area contributed by atoms with Crippen molar-refractivity contribution >= 4 is 41.4 Å². The Morgan fingerprint density at radius 3 is 1.02 bits per heavy atom. The molecule has 94 heavy (non-hydrogen) atoms. The van der Waals surface area contributed by atoms with Crippen molar-refractivity contribution in [1.29, 1.82) is 0 Å². The summed E-state index contributed by atoms with van der Waals surface area (Å²) in [6, 6.07) is 0. The van der Waals surface area contributed by atoms with Gasteiger partial charge in [0.2, 0.25) is 41.4 Å². The van der Waals surface area contributed by atoms with Crippen LogP contribution in [-0.4, -0.2) is 266 Å². The molecule has 3 rings (SSSR count). The fraction of sp³-hybridized carbons (Fsp3) is 0.857. The number of hydrogen-bond acceptors (Lipinski definition) is 24. The van der Waals surface area contributed by atoms with Gasteiger partial charge in [0.05, 0.1) is 70.8 Å². The molecule has 0 spiro atoms. The summed E-state index contributed by atoms with van der Waals surface area (Å²) in [6.07, 6.45) is -11.5. The van der Waals surface area contributed by atoms with E-state index in [2.05, 4.69) is 69.9 Å². The van der Waals surface area contributed by atoms with Crippen LogP contribution in [0.15, 0.2) is 12.3 Å². The molecule has 0 radical (unpaired) electrons. The van der Waals surface area contributed by atoms with Crippen molar-refractivity contribution in [2.24, 2.45) is 23.7 Å². The average Bonchev–Trinajstić information content (AvgIpc) is 0.944. The molecule has 0 aromatic heterocycles. The second kappa shape index (κ2) is 48.0. The fourth-order valence-electron chi connectivity index (χ4n) is 10.2. The molecule has 6 unspecified atom stereocenters. The monoisotopic (exact) mass is 1350 g/mol. The van der Waals surface area contributed by atoms with Gasteiger partial charge in [0, 0.05) is 127 Å². The number of amides is 7. The standard InChI is InChI=1S/C59H106N8O23.C4H10/c1-36(16-30-85-56-37(2)50(78)53(81)40(33-68)88-56)60-22-7-23-61-44(72)13-19-59(67-49(77)12-6-11-43(71)66-28-10-29-84-5,20-14-45(73)62-24-8-26-64-47(75)17-31-86-57-38(3)51(79)54(82)41(34-69)89-57)21-15-46(74)63-25-9-27-65-48(76)18-32-87-58-39(4)52(80)55(83)42(35-70)90-58;1-4(2)3/h37-42,50-58,60,68-70,78-83H,1,6-35H2,2-5H3,(H,61,72)(H,62,73)(H,63,74)(H,64,75)(H,65,76)(H,66,71)(H,67,77);4H,1-3H3/t37?,38?,39?,40?,41?,42?,50-,51-,52-,53+,54+,55+,56-,57-,58-,59?;/m1./s1. The summed E-state index contributed by atoms with van der Waals surface area (Å²) in [5, 5.41) is 113. The molecule has 0 aromatic carbocycles. The van der Waals surface area contributed by atoms with Crippen molar-refractivity contribution in [3.63, 3.8) is 0 Å². The molecule has 0 aromatic rings. The molecule has 7 amide bonds. The maximum atomic E-state index is 13.8. The number of nitrogens with one attached hydrogen (secondary N) is 8. The number of methoxy groups -OCH3 is 1. The first-order chi connectivity index (χ1) is 44.7. The van der Waals surface area contributed by atoms with E-state index in [0.29, 0.717) is 57.5 Å². The number of carbonyl (C=O) groups is 7. The van der Waals surface area contributed by atoms with Crippen LogP contribution in [0.2, 0.25) is 0 Å². The van der Waals surface area contributed by atoms with E-state index in [9.17, 15) is 79.5 Å². The van der Waals surface area contributed by atoms with E-state index in [4.69, 9.17) is 33.2 Å². The fourth-order valence-corrected chi connectivity index (χ4v) is 10.2. The Balaban J connectivity index is 0.00000729. The third-order valence-corrected chi connectivity index (χ3v) is 16.1. The highest BCUT2D eigenvalue weighted by Crippen LogP contribution is 2.30. The van der Waals surface area contributed by atoms with Gasteiger partial charge in [0.1, 0.15) is 36.6 Å². The van der Waals surface area contributed by atoms with Crippen molar-refractivity contribution in [3.8, 4) is 0 Å². The zero-order valence-electron chi connectivity index (χ0n) is 56.4. The number of aliphatic hydroxyl groups excluding tert-OH is 9. The Hall–Kier alpha value is -4.81. The maximum absolute atomic E-state index is 13.8. The van der Waals surface area contributed by atoms with Crippen molar-refractivity contribution in [3.05, 3.63) is 12.3 Å². The van der Waals surface area contributed by atoms with E-state index >= 15 is 0 Å². The largest absolute Gasteiger partial charge is 0.394 e. The zero-order chi connectivity index (χ0) is 70.2. The molecule has 15 atom stereocenters. The molecule has 546 valence electrons. The van der Waals surface area contributed by atoms with Crippen LogP contribution in [-0.2, 0) is 66.7 Å². The van der Waals surface area contributed by atoms with Crippen molar-refractivity contribution < 1.29 is 113 Å². The lowest BCUT2D eigenvalue weighted by atomic mass is 9.82. The van der Waals surface area contributed by atoms with E-state index in [1.54, 1.807) is 27.9 Å². The molecule has 0 aliphatic carbocycles. The van der Waals surface area contributed by atoms with E-state index in [-0.39, 0.29) is 147 Å². The Labute approximate surface area is 553 Å². The number of carbonyl (C=O) groups excluding carboxylic acids is 7. The van der Waals surface area contributed by atoms with Gasteiger partial charge in [0.25, 0.3) is 0 Å². The van der Waals surface area contributed by atoms with Gasteiger partial charge in [-0.25, -0.2) is 0 Å². The van der Waals surface area contributed by atoms with Gasteiger partial charge < -0.3 is 122 Å². The average molecular weight is 1350 g/mol. The van der Waals surface area contributed by atoms with Crippen LogP contribution >= 0.6 is 0 Å². The Morgan fingerprint density at radius 2 is 0.691 bits per heavy atom. The molecular formula is C63H116N8O23. The summed E-state index contributed by atoms with van der Waals surface area (Å²) in [6.45, 7) is 16.1. The molecule has 31 heteroatoms. The molecule has 0 bridgehead atoms. The quantitative estimate of drug-likeness (QED) is 0.0279. The number of hydrogen-bond donors (Lipinski definition) is 17. The van der Waals surface area contributed by atoms with Gasteiger partial charge in [-0.3, -0.25) is 33.6 Å². The molecule has 31 nitrogen and oxygen atoms in total. The number of rotatable bonds is 46. The highest BCUT2D eigenvalue weighted by molar-refractivity contribution is 5.81. The van der Waals surface area contributed by atoms with Crippen LogP contribution < -0.4 is 42.5 Å². The van der Waals surface area contributed by atoms with Gasteiger partial charge in [-0.1, -0.05) is 48.1 Å². The molecule has 3 aliphatic heterocycles. The van der Waals surface area contributed by atoms with E-state index < -0.39 is 135 Å². The molecule has 3 saturated heterocycles. The summed E-state index contributed by atoms with van der Waals surface area (Å²) in [4.78, 5) is 92.1. The first kappa shape index (κ1) is 85.3.